The lowest BCUT2D eigenvalue weighted by Crippen LogP contribution is -2.40. The number of morpholine rings is 1. The fraction of sp³-hybridized carbons (Fsp3) is 0.333. The average Bonchev–Trinajstić information content (AvgIpc) is 2.70. The van der Waals surface area contributed by atoms with E-state index in [0.29, 0.717) is 13.2 Å². The molecule has 0 saturated carbocycles. The van der Waals surface area contributed by atoms with Gasteiger partial charge in [-0.2, -0.15) is 8.61 Å². The van der Waals surface area contributed by atoms with Crippen molar-refractivity contribution in [1.82, 2.24) is 8.61 Å². The van der Waals surface area contributed by atoms with E-state index in [-0.39, 0.29) is 29.4 Å². The minimum Gasteiger partial charge on any atom is -0.379 e. The maximum Gasteiger partial charge on any atom is 0.243 e. The highest BCUT2D eigenvalue weighted by molar-refractivity contribution is 9.10. The summed E-state index contributed by atoms with van der Waals surface area (Å²) in [5.74, 6) is 0. The van der Waals surface area contributed by atoms with Crippen LogP contribution in [0.15, 0.2) is 62.8 Å². The summed E-state index contributed by atoms with van der Waals surface area (Å²) in [4.78, 5) is 0.116. The molecule has 0 N–H and O–H groups in total. The van der Waals surface area contributed by atoms with Gasteiger partial charge >= 0.3 is 0 Å². The van der Waals surface area contributed by atoms with Crippen LogP contribution >= 0.6 is 15.9 Å². The van der Waals surface area contributed by atoms with Crippen molar-refractivity contribution in [1.29, 1.82) is 0 Å². The maximum atomic E-state index is 12.8. The Morgan fingerprint density at radius 2 is 1.54 bits per heavy atom. The normalized spacial score (nSPS) is 16.4. The zero-order valence-corrected chi connectivity index (χ0v) is 18.5. The number of nitrogens with zero attached hydrogens (tertiary/aromatic N) is 2. The summed E-state index contributed by atoms with van der Waals surface area (Å²) in [6, 6.07) is 12.7. The molecule has 0 aliphatic carbocycles. The van der Waals surface area contributed by atoms with Crippen LogP contribution in [0.3, 0.4) is 0 Å². The third-order valence-electron chi connectivity index (χ3n) is 4.49. The number of halogens is 1. The van der Waals surface area contributed by atoms with E-state index in [1.165, 1.54) is 39.9 Å². The second-order valence-corrected chi connectivity index (χ2v) is 11.2. The van der Waals surface area contributed by atoms with E-state index in [9.17, 15) is 16.8 Å². The van der Waals surface area contributed by atoms with Gasteiger partial charge in [-0.15, -0.1) is 0 Å². The van der Waals surface area contributed by atoms with E-state index >= 15 is 0 Å². The fourth-order valence-corrected chi connectivity index (χ4v) is 5.82. The molecule has 1 aliphatic rings. The summed E-state index contributed by atoms with van der Waals surface area (Å²) in [6.45, 7) is 1.47. The second kappa shape index (κ2) is 8.60. The molecule has 1 saturated heterocycles. The molecule has 2 aromatic rings. The molecule has 0 spiro atoms. The molecule has 28 heavy (non-hydrogen) atoms. The number of rotatable bonds is 6. The molecule has 0 unspecified atom stereocenters. The lowest BCUT2D eigenvalue weighted by molar-refractivity contribution is 0.0730. The summed E-state index contributed by atoms with van der Waals surface area (Å²) in [5, 5.41) is 0. The molecule has 1 heterocycles. The van der Waals surface area contributed by atoms with Gasteiger partial charge in [0, 0.05) is 31.2 Å². The first-order chi connectivity index (χ1) is 13.2. The van der Waals surface area contributed by atoms with Crippen molar-refractivity contribution < 1.29 is 21.6 Å². The van der Waals surface area contributed by atoms with Crippen molar-refractivity contribution in [2.45, 2.75) is 16.3 Å². The van der Waals surface area contributed by atoms with Crippen LogP contribution in [-0.4, -0.2) is 58.8 Å². The summed E-state index contributed by atoms with van der Waals surface area (Å²) in [6.07, 6.45) is 0. The molecule has 0 radical (unpaired) electrons. The molecule has 152 valence electrons. The predicted octanol–water partition coefficient (Wildman–Crippen LogP) is 2.29. The standard InChI is InChI=1S/C18H21BrN2O5S2/c1-20(14-15-4-2-3-5-18(15)19)27(22,23)16-6-8-17(9-7-16)28(24,25)21-10-12-26-13-11-21/h2-9H,10-14H2,1H3. The Balaban J connectivity index is 1.80. The van der Waals surface area contributed by atoms with E-state index in [1.54, 1.807) is 0 Å². The van der Waals surface area contributed by atoms with Gasteiger partial charge < -0.3 is 4.74 Å². The lowest BCUT2D eigenvalue weighted by atomic mass is 10.2. The van der Waals surface area contributed by atoms with E-state index in [2.05, 4.69) is 15.9 Å². The number of hydrogen-bond donors (Lipinski definition) is 0. The highest BCUT2D eigenvalue weighted by atomic mass is 79.9. The molecule has 1 fully saturated rings. The Hall–Kier alpha value is -1.30. The molecule has 1 aliphatic heterocycles. The van der Waals surface area contributed by atoms with Gasteiger partial charge in [0.2, 0.25) is 20.0 Å². The van der Waals surface area contributed by atoms with Crippen LogP contribution < -0.4 is 0 Å². The highest BCUT2D eigenvalue weighted by Gasteiger charge is 2.27. The molecular weight excluding hydrogens is 468 g/mol. The quantitative estimate of drug-likeness (QED) is 0.622. The first kappa shape index (κ1) is 21.4. The van der Waals surface area contributed by atoms with Crippen LogP contribution in [0.2, 0.25) is 0 Å². The number of hydrogen-bond acceptors (Lipinski definition) is 5. The SMILES string of the molecule is CN(Cc1ccccc1Br)S(=O)(=O)c1ccc(S(=O)(=O)N2CCOCC2)cc1. The van der Waals surface area contributed by atoms with Gasteiger partial charge in [0.25, 0.3) is 0 Å². The Bertz CT molecular complexity index is 1030. The van der Waals surface area contributed by atoms with Gasteiger partial charge in [-0.25, -0.2) is 16.8 Å². The van der Waals surface area contributed by atoms with Crippen molar-refractivity contribution in [3.05, 3.63) is 58.6 Å². The minimum absolute atomic E-state index is 0.0444. The first-order valence-electron chi connectivity index (χ1n) is 8.60. The van der Waals surface area contributed by atoms with Gasteiger partial charge in [-0.3, -0.25) is 0 Å². The van der Waals surface area contributed by atoms with Crippen LogP contribution in [0, 0.1) is 0 Å². The van der Waals surface area contributed by atoms with Gasteiger partial charge in [0.05, 0.1) is 23.0 Å². The summed E-state index contributed by atoms with van der Waals surface area (Å²) in [7, 11) is -5.92. The molecule has 0 amide bonds. The van der Waals surface area contributed by atoms with E-state index in [0.717, 1.165) is 10.0 Å². The van der Waals surface area contributed by atoms with Crippen molar-refractivity contribution >= 4 is 36.0 Å². The molecule has 0 aromatic heterocycles. The molecule has 0 atom stereocenters. The van der Waals surface area contributed by atoms with Gasteiger partial charge in [-0.1, -0.05) is 34.1 Å². The first-order valence-corrected chi connectivity index (χ1v) is 12.3. The largest absolute Gasteiger partial charge is 0.379 e. The topological polar surface area (TPSA) is 84.0 Å². The summed E-state index contributed by atoms with van der Waals surface area (Å²) in [5.41, 5.74) is 0.833. The van der Waals surface area contributed by atoms with Crippen LogP contribution in [0.5, 0.6) is 0 Å². The zero-order chi connectivity index (χ0) is 20.4. The molecule has 10 heteroatoms. The van der Waals surface area contributed by atoms with Crippen molar-refractivity contribution in [2.75, 3.05) is 33.4 Å². The van der Waals surface area contributed by atoms with E-state index in [4.69, 9.17) is 4.74 Å². The Morgan fingerprint density at radius 3 is 2.14 bits per heavy atom. The summed E-state index contributed by atoms with van der Waals surface area (Å²) < 4.78 is 59.6. The smallest absolute Gasteiger partial charge is 0.243 e. The van der Waals surface area contributed by atoms with Crippen molar-refractivity contribution in [3.8, 4) is 0 Å². The van der Waals surface area contributed by atoms with Gasteiger partial charge in [-0.05, 0) is 35.9 Å². The second-order valence-electron chi connectivity index (χ2n) is 6.34. The summed E-state index contributed by atoms with van der Waals surface area (Å²) >= 11 is 3.42. The molecular formula is C18H21BrN2O5S2. The van der Waals surface area contributed by atoms with Gasteiger partial charge in [0.15, 0.2) is 0 Å². The number of benzene rings is 2. The highest BCUT2D eigenvalue weighted by Crippen LogP contribution is 2.23. The monoisotopic (exact) mass is 488 g/mol. The number of sulfonamides is 2. The van der Waals surface area contributed by atoms with Crippen molar-refractivity contribution in [2.24, 2.45) is 0 Å². The van der Waals surface area contributed by atoms with Crippen LogP contribution in [-0.2, 0) is 31.3 Å². The van der Waals surface area contributed by atoms with E-state index < -0.39 is 20.0 Å². The number of ether oxygens (including phenoxy) is 1. The van der Waals surface area contributed by atoms with Crippen molar-refractivity contribution in [3.63, 3.8) is 0 Å². The van der Waals surface area contributed by atoms with Gasteiger partial charge in [0.1, 0.15) is 0 Å². The lowest BCUT2D eigenvalue weighted by Gasteiger charge is -2.26. The van der Waals surface area contributed by atoms with E-state index in [1.807, 2.05) is 24.3 Å². The van der Waals surface area contributed by atoms with Crippen LogP contribution in [0.4, 0.5) is 0 Å². The predicted molar refractivity (Wildman–Crippen MR) is 109 cm³/mol. The maximum absolute atomic E-state index is 12.8. The average molecular weight is 489 g/mol. The Labute approximate surface area is 174 Å². The fourth-order valence-electron chi connectivity index (χ4n) is 2.85. The molecule has 7 nitrogen and oxygen atoms in total. The van der Waals surface area contributed by atoms with Crippen LogP contribution in [0.25, 0.3) is 0 Å². The molecule has 0 bridgehead atoms. The molecule has 2 aromatic carbocycles. The van der Waals surface area contributed by atoms with Crippen LogP contribution in [0.1, 0.15) is 5.56 Å². The zero-order valence-electron chi connectivity index (χ0n) is 15.3. The third kappa shape index (κ3) is 4.47. The molecule has 3 rings (SSSR count). The minimum atomic E-state index is -3.76. The Morgan fingerprint density at radius 1 is 0.964 bits per heavy atom. The Kier molecular flexibility index (Phi) is 6.58. The third-order valence-corrected chi connectivity index (χ3v) is 8.99.